The van der Waals surface area contributed by atoms with E-state index in [-0.39, 0.29) is 0 Å². The number of carbonyl (C=O) groups excluding carboxylic acids is 1. The van der Waals surface area contributed by atoms with Crippen LogP contribution in [0.1, 0.15) is 96.8 Å². The van der Waals surface area contributed by atoms with Crippen LogP contribution in [0.3, 0.4) is 0 Å². The van der Waals surface area contributed by atoms with Gasteiger partial charge in [0, 0.05) is 6.08 Å². The zero-order chi connectivity index (χ0) is 16.3. The monoisotopic (exact) mass is 308 g/mol. The van der Waals surface area contributed by atoms with E-state index >= 15 is 0 Å². The van der Waals surface area contributed by atoms with Gasteiger partial charge in [-0.1, -0.05) is 76.9 Å². The van der Waals surface area contributed by atoms with Gasteiger partial charge in [-0.25, -0.2) is 4.79 Å². The first-order valence-electron chi connectivity index (χ1n) is 9.35. The Labute approximate surface area is 137 Å². The highest BCUT2D eigenvalue weighted by Gasteiger charge is 1.98. The largest absolute Gasteiger partial charge is 0.388 e. The first kappa shape index (κ1) is 21.1. The predicted molar refractivity (Wildman–Crippen MR) is 95.7 cm³/mol. The summed E-state index contributed by atoms with van der Waals surface area (Å²) in [6.07, 6.45) is 22.6. The van der Waals surface area contributed by atoms with E-state index in [1.165, 1.54) is 76.7 Å². The van der Waals surface area contributed by atoms with E-state index in [1.807, 2.05) is 0 Å². The maximum atomic E-state index is 10.0. The molecule has 0 aliphatic carbocycles. The van der Waals surface area contributed by atoms with Gasteiger partial charge in [0.1, 0.15) is 5.94 Å². The summed E-state index contributed by atoms with van der Waals surface area (Å²) in [7, 11) is 0. The van der Waals surface area contributed by atoms with Gasteiger partial charge in [-0.2, -0.15) is 0 Å². The molecular formula is C20H36O2. The van der Waals surface area contributed by atoms with Gasteiger partial charge in [0.25, 0.3) is 0 Å². The van der Waals surface area contributed by atoms with Gasteiger partial charge in [0.05, 0.1) is 6.10 Å². The molecule has 0 aromatic rings. The smallest absolute Gasteiger partial charge is 0.122 e. The van der Waals surface area contributed by atoms with Crippen molar-refractivity contribution in [3.63, 3.8) is 0 Å². The second-order valence-electron chi connectivity index (χ2n) is 6.22. The molecule has 0 aliphatic heterocycles. The van der Waals surface area contributed by atoms with Crippen LogP contribution in [-0.4, -0.2) is 17.2 Å². The van der Waals surface area contributed by atoms with Gasteiger partial charge in [-0.3, -0.25) is 0 Å². The van der Waals surface area contributed by atoms with Gasteiger partial charge in [0.2, 0.25) is 0 Å². The molecule has 0 saturated heterocycles. The molecule has 0 aliphatic rings. The third kappa shape index (κ3) is 17.2. The molecule has 0 amide bonds. The number of aliphatic hydroxyl groups is 1. The third-order valence-electron chi connectivity index (χ3n) is 4.02. The van der Waals surface area contributed by atoms with Crippen molar-refractivity contribution in [3.8, 4) is 0 Å². The summed E-state index contributed by atoms with van der Waals surface area (Å²) in [5, 5.41) is 9.33. The second kappa shape index (κ2) is 18.2. The van der Waals surface area contributed by atoms with Crippen LogP contribution in [0.15, 0.2) is 18.2 Å². The first-order chi connectivity index (χ1) is 10.8. The van der Waals surface area contributed by atoms with Gasteiger partial charge < -0.3 is 5.11 Å². The molecule has 0 rings (SSSR count). The summed E-state index contributed by atoms with van der Waals surface area (Å²) < 4.78 is 0. The molecule has 0 heterocycles. The van der Waals surface area contributed by atoms with Crippen molar-refractivity contribution in [3.05, 3.63) is 18.2 Å². The summed E-state index contributed by atoms with van der Waals surface area (Å²) in [4.78, 5) is 10.0. The molecular weight excluding hydrogens is 272 g/mol. The quantitative estimate of drug-likeness (QED) is 0.223. The number of unbranched alkanes of at least 4 members (excludes halogenated alkanes) is 11. The zero-order valence-electron chi connectivity index (χ0n) is 14.6. The molecule has 128 valence electrons. The Morgan fingerprint density at radius 2 is 1.32 bits per heavy atom. The summed E-state index contributed by atoms with van der Waals surface area (Å²) in [6.45, 7) is 2.26. The van der Waals surface area contributed by atoms with Crippen molar-refractivity contribution in [2.45, 2.75) is 103 Å². The Hall–Kier alpha value is -0.850. The van der Waals surface area contributed by atoms with Crippen molar-refractivity contribution >= 4 is 5.94 Å². The third-order valence-corrected chi connectivity index (χ3v) is 4.02. The van der Waals surface area contributed by atoms with E-state index in [2.05, 4.69) is 19.1 Å². The fourth-order valence-electron chi connectivity index (χ4n) is 2.59. The molecule has 0 spiro atoms. The van der Waals surface area contributed by atoms with E-state index in [0.717, 1.165) is 12.8 Å². The van der Waals surface area contributed by atoms with Crippen LogP contribution in [0.5, 0.6) is 0 Å². The van der Waals surface area contributed by atoms with Gasteiger partial charge in [-0.05, 0) is 32.1 Å². The number of aliphatic hydroxyl groups excluding tert-OH is 1. The number of allylic oxidation sites excluding steroid dienone is 2. The molecule has 22 heavy (non-hydrogen) atoms. The lowest BCUT2D eigenvalue weighted by molar-refractivity contribution is 0.209. The number of hydrogen-bond acceptors (Lipinski definition) is 2. The van der Waals surface area contributed by atoms with Crippen LogP contribution in [0.4, 0.5) is 0 Å². The molecule has 0 saturated carbocycles. The van der Waals surface area contributed by atoms with E-state index in [4.69, 9.17) is 0 Å². The summed E-state index contributed by atoms with van der Waals surface area (Å²) in [5.41, 5.74) is 0. The average molecular weight is 309 g/mol. The highest BCUT2D eigenvalue weighted by Crippen LogP contribution is 2.10. The minimum absolute atomic E-state index is 0.595. The lowest BCUT2D eigenvalue weighted by Crippen LogP contribution is -2.01. The summed E-state index contributed by atoms with van der Waals surface area (Å²) >= 11 is 0. The SMILES string of the molecule is CCCCCCCC/C=C\CCCCCCCC(O)C=C=O. The predicted octanol–water partition coefficient (Wildman–Crippen LogP) is 5.77. The second-order valence-corrected chi connectivity index (χ2v) is 6.22. The van der Waals surface area contributed by atoms with Crippen molar-refractivity contribution in [2.24, 2.45) is 0 Å². The van der Waals surface area contributed by atoms with Crippen LogP contribution in [0, 0.1) is 0 Å². The van der Waals surface area contributed by atoms with Crippen molar-refractivity contribution in [1.29, 1.82) is 0 Å². The molecule has 0 fully saturated rings. The summed E-state index contributed by atoms with van der Waals surface area (Å²) in [6, 6.07) is 0. The molecule has 0 bridgehead atoms. The Morgan fingerprint density at radius 3 is 1.86 bits per heavy atom. The average Bonchev–Trinajstić information content (AvgIpc) is 2.51. The van der Waals surface area contributed by atoms with Crippen LogP contribution in [0.2, 0.25) is 0 Å². The molecule has 0 radical (unpaired) electrons. The molecule has 2 heteroatoms. The van der Waals surface area contributed by atoms with Gasteiger partial charge in [-0.15, -0.1) is 0 Å². The van der Waals surface area contributed by atoms with E-state index in [9.17, 15) is 9.90 Å². The van der Waals surface area contributed by atoms with E-state index in [1.54, 1.807) is 5.94 Å². The number of rotatable bonds is 16. The minimum Gasteiger partial charge on any atom is -0.388 e. The highest BCUT2D eigenvalue weighted by atomic mass is 16.3. The highest BCUT2D eigenvalue weighted by molar-refractivity contribution is 5.45. The fraction of sp³-hybridized carbons (Fsp3) is 0.800. The lowest BCUT2D eigenvalue weighted by Gasteiger charge is -2.03. The topological polar surface area (TPSA) is 37.3 Å². The maximum Gasteiger partial charge on any atom is 0.122 e. The standard InChI is InChI=1S/C20H36O2/c1-2-3-4-5-6-7-8-9-10-11-12-13-14-15-16-17-20(22)18-19-21/h9-10,18,20,22H,2-8,11-17H2,1H3/b10-9-. The van der Waals surface area contributed by atoms with Crippen LogP contribution in [-0.2, 0) is 4.79 Å². The van der Waals surface area contributed by atoms with E-state index < -0.39 is 6.10 Å². The van der Waals surface area contributed by atoms with Crippen molar-refractivity contribution in [1.82, 2.24) is 0 Å². The summed E-state index contributed by atoms with van der Waals surface area (Å²) in [5.74, 6) is 1.64. The lowest BCUT2D eigenvalue weighted by atomic mass is 10.1. The number of hydrogen-bond donors (Lipinski definition) is 1. The van der Waals surface area contributed by atoms with Crippen molar-refractivity contribution < 1.29 is 9.90 Å². The Bertz CT molecular complexity index is 290. The fourth-order valence-corrected chi connectivity index (χ4v) is 2.59. The normalized spacial score (nSPS) is 12.5. The molecule has 2 nitrogen and oxygen atoms in total. The molecule has 1 unspecified atom stereocenters. The first-order valence-corrected chi connectivity index (χ1v) is 9.35. The van der Waals surface area contributed by atoms with Gasteiger partial charge in [0.15, 0.2) is 0 Å². The maximum absolute atomic E-state index is 10.0. The molecule has 1 N–H and O–H groups in total. The van der Waals surface area contributed by atoms with Crippen molar-refractivity contribution in [2.75, 3.05) is 0 Å². The molecule has 0 aromatic heterocycles. The molecule has 1 atom stereocenters. The Balaban J connectivity index is 3.15. The Kier molecular flexibility index (Phi) is 17.5. The van der Waals surface area contributed by atoms with Crippen LogP contribution < -0.4 is 0 Å². The Morgan fingerprint density at radius 1 is 0.818 bits per heavy atom. The molecule has 0 aromatic carbocycles. The van der Waals surface area contributed by atoms with E-state index in [0.29, 0.717) is 6.42 Å². The zero-order valence-corrected chi connectivity index (χ0v) is 14.6. The van der Waals surface area contributed by atoms with Gasteiger partial charge >= 0.3 is 0 Å². The minimum atomic E-state index is -0.595. The van der Waals surface area contributed by atoms with Crippen LogP contribution in [0.25, 0.3) is 0 Å². The van der Waals surface area contributed by atoms with Crippen LogP contribution >= 0.6 is 0 Å².